The first kappa shape index (κ1) is 20.8. The Kier molecular flexibility index (Phi) is 6.55. The first-order valence-corrected chi connectivity index (χ1v) is 11.0. The van der Waals surface area contributed by atoms with Gasteiger partial charge in [0.05, 0.1) is 5.69 Å². The molecule has 1 heterocycles. The van der Waals surface area contributed by atoms with Gasteiger partial charge in [0.2, 0.25) is 3.79 Å². The molecule has 3 rings (SSSR count). The third-order valence-electron chi connectivity index (χ3n) is 5.28. The minimum Gasteiger partial charge on any atom is -0.445 e. The Hall–Kier alpha value is 0.0500. The van der Waals surface area contributed by atoms with Gasteiger partial charge in [0.1, 0.15) is 6.61 Å². The summed E-state index contributed by atoms with van der Waals surface area (Å²) in [5.41, 5.74) is 3.61. The summed E-state index contributed by atoms with van der Waals surface area (Å²) in [7, 11) is 0. The van der Waals surface area contributed by atoms with Crippen molar-refractivity contribution in [1.82, 2.24) is 4.90 Å². The highest BCUT2D eigenvalue weighted by atomic mass is 127. The van der Waals surface area contributed by atoms with Gasteiger partial charge in [0.15, 0.2) is 0 Å². The maximum Gasteiger partial charge on any atom is 0.414 e. The fraction of sp³-hybridized carbons (Fsp3) is 0.611. The summed E-state index contributed by atoms with van der Waals surface area (Å²) in [4.78, 5) is 16.8. The van der Waals surface area contributed by atoms with E-state index in [4.69, 9.17) is 39.5 Å². The van der Waals surface area contributed by atoms with Gasteiger partial charge in [-0.2, -0.15) is 0 Å². The maximum absolute atomic E-state index is 12.6. The van der Waals surface area contributed by atoms with Gasteiger partial charge in [0, 0.05) is 22.1 Å². The molecule has 0 fully saturated rings. The lowest BCUT2D eigenvalue weighted by Crippen LogP contribution is -2.41. The molecule has 1 aromatic carbocycles. The molecular formula is C18H22Cl3IN2O2. The standard InChI is InChI=1S/C18H22Cl3IN2O2/c1-3-23(4-2)12-7-11-9-24(17(25)26-10-18(19,20)21)15-6-5-14(22)13(8-12)16(11)15/h5-6,11-12H,3-4,7-10H2,1-2H3. The number of rotatable bonds is 4. The molecule has 0 saturated carbocycles. The summed E-state index contributed by atoms with van der Waals surface area (Å²) >= 11 is 19.5. The molecule has 0 radical (unpaired) electrons. The van der Waals surface area contributed by atoms with Crippen molar-refractivity contribution in [2.75, 3.05) is 31.1 Å². The first-order valence-electron chi connectivity index (χ1n) is 8.81. The van der Waals surface area contributed by atoms with Crippen LogP contribution >= 0.6 is 57.4 Å². The van der Waals surface area contributed by atoms with Gasteiger partial charge in [-0.15, -0.1) is 0 Å². The zero-order valence-electron chi connectivity index (χ0n) is 14.8. The van der Waals surface area contributed by atoms with Crippen LogP contribution in [0, 0.1) is 3.57 Å². The van der Waals surface area contributed by atoms with E-state index in [0.29, 0.717) is 18.5 Å². The number of ether oxygens (including phenoxy) is 1. The Labute approximate surface area is 183 Å². The summed E-state index contributed by atoms with van der Waals surface area (Å²) in [6.45, 7) is 6.85. The lowest BCUT2D eigenvalue weighted by molar-refractivity contribution is 0.155. The quantitative estimate of drug-likeness (QED) is 0.388. The van der Waals surface area contributed by atoms with E-state index in [1.165, 1.54) is 14.7 Å². The molecule has 1 aliphatic carbocycles. The largest absolute Gasteiger partial charge is 0.445 e. The number of benzene rings is 1. The van der Waals surface area contributed by atoms with Crippen LogP contribution in [0.1, 0.15) is 37.3 Å². The number of alkyl halides is 3. The average Bonchev–Trinajstić information content (AvgIpc) is 2.96. The van der Waals surface area contributed by atoms with Crippen molar-refractivity contribution < 1.29 is 9.53 Å². The number of halogens is 4. The van der Waals surface area contributed by atoms with Crippen molar-refractivity contribution in [3.05, 3.63) is 26.8 Å². The van der Waals surface area contributed by atoms with Crippen molar-refractivity contribution in [3.8, 4) is 0 Å². The van der Waals surface area contributed by atoms with E-state index >= 15 is 0 Å². The fourth-order valence-corrected chi connectivity index (χ4v) is 5.04. The third kappa shape index (κ3) is 4.22. The summed E-state index contributed by atoms with van der Waals surface area (Å²) in [5, 5.41) is 0. The summed E-state index contributed by atoms with van der Waals surface area (Å²) in [5.74, 6) is 0.328. The van der Waals surface area contributed by atoms with Crippen LogP contribution in [0.4, 0.5) is 10.5 Å². The second-order valence-electron chi connectivity index (χ2n) is 6.75. The van der Waals surface area contributed by atoms with Gasteiger partial charge in [-0.1, -0.05) is 48.7 Å². The minimum atomic E-state index is -1.60. The monoisotopic (exact) mass is 530 g/mol. The number of hydrogen-bond acceptors (Lipinski definition) is 3. The lowest BCUT2D eigenvalue weighted by atomic mass is 9.80. The minimum absolute atomic E-state index is 0.258. The van der Waals surface area contributed by atoms with E-state index < -0.39 is 9.89 Å². The SMILES string of the molecule is CCN(CC)C1Cc2c(I)ccc3c2C(C1)CN3C(=O)OCC(Cl)(Cl)Cl. The molecule has 0 spiro atoms. The van der Waals surface area contributed by atoms with Gasteiger partial charge in [-0.25, -0.2) is 4.79 Å². The molecule has 144 valence electrons. The number of carbonyl (C=O) groups excluding carboxylic acids is 1. The van der Waals surface area contributed by atoms with E-state index in [9.17, 15) is 4.79 Å². The van der Waals surface area contributed by atoms with Crippen molar-refractivity contribution >= 4 is 69.2 Å². The van der Waals surface area contributed by atoms with E-state index in [1.54, 1.807) is 4.90 Å². The molecule has 8 heteroatoms. The Balaban J connectivity index is 1.86. The van der Waals surface area contributed by atoms with Crippen LogP contribution in [0.3, 0.4) is 0 Å². The molecule has 2 unspecified atom stereocenters. The van der Waals surface area contributed by atoms with E-state index in [0.717, 1.165) is 31.6 Å². The van der Waals surface area contributed by atoms with Gasteiger partial charge in [-0.3, -0.25) is 4.90 Å². The summed E-state index contributed by atoms with van der Waals surface area (Å²) in [6, 6.07) is 4.59. The molecule has 4 nitrogen and oxygen atoms in total. The van der Waals surface area contributed by atoms with Crippen molar-refractivity contribution in [2.24, 2.45) is 0 Å². The second kappa shape index (κ2) is 8.19. The average molecular weight is 532 g/mol. The number of nitrogens with zero attached hydrogens (tertiary/aromatic N) is 2. The Morgan fingerprint density at radius 1 is 1.35 bits per heavy atom. The van der Waals surface area contributed by atoms with Crippen molar-refractivity contribution in [2.45, 2.75) is 42.4 Å². The first-order chi connectivity index (χ1) is 12.2. The van der Waals surface area contributed by atoms with Crippen molar-refractivity contribution in [1.29, 1.82) is 0 Å². The molecule has 0 aromatic heterocycles. The van der Waals surface area contributed by atoms with Crippen LogP contribution in [0.2, 0.25) is 0 Å². The van der Waals surface area contributed by atoms with Crippen LogP contribution in [0.15, 0.2) is 12.1 Å². The number of carbonyl (C=O) groups is 1. The number of likely N-dealkylation sites (N-methyl/N-ethyl adjacent to an activating group) is 1. The third-order valence-corrected chi connectivity index (χ3v) is 6.62. The zero-order valence-corrected chi connectivity index (χ0v) is 19.2. The summed E-state index contributed by atoms with van der Waals surface area (Å²) < 4.78 is 4.89. The molecule has 0 bridgehead atoms. The molecule has 0 saturated heterocycles. The predicted molar refractivity (Wildman–Crippen MR) is 116 cm³/mol. The number of anilines is 1. The molecule has 2 atom stereocenters. The van der Waals surface area contributed by atoms with Gasteiger partial charge >= 0.3 is 6.09 Å². The van der Waals surface area contributed by atoms with Crippen LogP contribution in [-0.4, -0.2) is 47.1 Å². The Morgan fingerprint density at radius 3 is 2.65 bits per heavy atom. The highest BCUT2D eigenvalue weighted by Gasteiger charge is 2.41. The Morgan fingerprint density at radius 2 is 2.04 bits per heavy atom. The van der Waals surface area contributed by atoms with E-state index in [1.807, 2.05) is 6.07 Å². The molecule has 1 aromatic rings. The van der Waals surface area contributed by atoms with E-state index in [-0.39, 0.29) is 6.61 Å². The maximum atomic E-state index is 12.6. The molecular weight excluding hydrogens is 509 g/mol. The fourth-order valence-electron chi connectivity index (χ4n) is 4.19. The summed E-state index contributed by atoms with van der Waals surface area (Å²) in [6.07, 6.45) is 1.63. The second-order valence-corrected chi connectivity index (χ2v) is 10.4. The number of hydrogen-bond donors (Lipinski definition) is 0. The van der Waals surface area contributed by atoms with Crippen LogP contribution in [0.25, 0.3) is 0 Å². The van der Waals surface area contributed by atoms with Gasteiger partial charge < -0.3 is 9.64 Å². The highest BCUT2D eigenvalue weighted by Crippen LogP contribution is 2.47. The van der Waals surface area contributed by atoms with E-state index in [2.05, 4.69) is 47.4 Å². The molecule has 1 amide bonds. The highest BCUT2D eigenvalue weighted by molar-refractivity contribution is 14.1. The molecule has 1 aliphatic heterocycles. The van der Waals surface area contributed by atoms with Crippen molar-refractivity contribution in [3.63, 3.8) is 0 Å². The predicted octanol–water partition coefficient (Wildman–Crippen LogP) is 5.36. The van der Waals surface area contributed by atoms with Gasteiger partial charge in [-0.05, 0) is 71.8 Å². The van der Waals surface area contributed by atoms with Gasteiger partial charge in [0.25, 0.3) is 0 Å². The van der Waals surface area contributed by atoms with Crippen LogP contribution in [0.5, 0.6) is 0 Å². The molecule has 0 N–H and O–H groups in total. The van der Waals surface area contributed by atoms with Crippen LogP contribution < -0.4 is 4.90 Å². The lowest BCUT2D eigenvalue weighted by Gasteiger charge is -2.36. The number of amides is 1. The smallest absolute Gasteiger partial charge is 0.414 e. The van der Waals surface area contributed by atoms with Crippen LogP contribution in [-0.2, 0) is 11.2 Å². The zero-order chi connectivity index (χ0) is 19.1. The molecule has 26 heavy (non-hydrogen) atoms. The normalized spacial score (nSPS) is 21.9. The topological polar surface area (TPSA) is 32.8 Å². The molecule has 2 aliphatic rings. The Bertz CT molecular complexity index is 692.